The third-order valence-electron chi connectivity index (χ3n) is 0.407. The Morgan fingerprint density at radius 2 is 2.00 bits per heavy atom. The van der Waals surface area contributed by atoms with Crippen LogP contribution in [0.5, 0.6) is 0 Å². The first-order chi connectivity index (χ1) is 3.12. The van der Waals surface area contributed by atoms with E-state index < -0.39 is 18.4 Å². The molecular weight excluding hydrogens is 125 g/mol. The maximum absolute atomic E-state index is 11.4. The van der Waals surface area contributed by atoms with E-state index in [1.54, 1.807) is 0 Å². The van der Waals surface area contributed by atoms with Crippen LogP contribution < -0.4 is 0 Å². The van der Waals surface area contributed by atoms with Gasteiger partial charge in [-0.1, -0.05) is 0 Å². The van der Waals surface area contributed by atoms with Crippen LogP contribution in [0.1, 0.15) is 0 Å². The fraction of sp³-hybridized carbons (Fsp3) is 1.00. The molecule has 0 rings (SSSR count). The topological polar surface area (TPSA) is 19.9 Å². The molecule has 43 valence electrons. The van der Waals surface area contributed by atoms with Gasteiger partial charge in [-0.2, -0.15) is 0 Å². The lowest BCUT2D eigenvalue weighted by Gasteiger charge is -2.04. The third-order valence-corrected chi connectivity index (χ3v) is 0.798. The largest absolute Gasteiger partial charge is 0.287 e. The van der Waals surface area contributed by atoms with E-state index in [1.165, 1.54) is 0 Å². The summed E-state index contributed by atoms with van der Waals surface area (Å²) >= 11 is 4.64. The quantitative estimate of drug-likeness (QED) is 0.501. The lowest BCUT2D eigenvalue weighted by atomic mass is 10.4. The van der Waals surface area contributed by atoms with E-state index >= 15 is 0 Å². The average Bonchev–Trinajstić information content (AvgIpc) is 1.68. The molecule has 0 saturated carbocycles. The zero-order valence-electron chi connectivity index (χ0n) is 3.46. The zero-order chi connectivity index (χ0) is 5.91. The van der Waals surface area contributed by atoms with E-state index in [2.05, 4.69) is 11.6 Å². The van der Waals surface area contributed by atoms with Gasteiger partial charge in [0.2, 0.25) is 0 Å². The van der Waals surface area contributed by atoms with Gasteiger partial charge in [0, 0.05) is 0 Å². The second kappa shape index (κ2) is 2.43. The molecule has 0 spiro atoms. The van der Waals surface area contributed by atoms with Gasteiger partial charge >= 0.3 is 0 Å². The maximum Gasteiger partial charge on any atom is 0.287 e. The highest BCUT2D eigenvalue weighted by atomic mass is 35.5. The van der Waals surface area contributed by atoms with Crippen LogP contribution in [0.3, 0.4) is 0 Å². The van der Waals surface area contributed by atoms with Gasteiger partial charge in [-0.05, 0) is 0 Å². The highest BCUT2D eigenvalue weighted by molar-refractivity contribution is 6.18. The minimum Gasteiger partial charge on any atom is -0.230 e. The van der Waals surface area contributed by atoms with E-state index in [1.807, 2.05) is 0 Å². The monoisotopic (exact) mass is 129 g/mol. The zero-order valence-corrected chi connectivity index (χ0v) is 4.21. The number of hydrogen-bond donors (Lipinski definition) is 0. The molecule has 0 aliphatic carbocycles. The summed E-state index contributed by atoms with van der Waals surface area (Å²) in [6.07, 6.45) is 0. The molecule has 0 aromatic carbocycles. The molecule has 0 fully saturated rings. The Morgan fingerprint density at radius 1 is 1.57 bits per heavy atom. The number of rotatable bonds is 2. The van der Waals surface area contributed by atoms with Crippen LogP contribution in [0.15, 0.2) is 0 Å². The van der Waals surface area contributed by atoms with E-state index in [4.69, 9.17) is 0 Å². The average molecular weight is 130 g/mol. The molecule has 4 heteroatoms. The Kier molecular flexibility index (Phi) is 2.46. The fourth-order valence-electron chi connectivity index (χ4n) is 0.0386. The van der Waals surface area contributed by atoms with Crippen molar-refractivity contribution in [1.82, 2.24) is 0 Å². The Hall–Kier alpha value is 0.110. The van der Waals surface area contributed by atoms with E-state index in [0.29, 0.717) is 0 Å². The van der Waals surface area contributed by atoms with Gasteiger partial charge in [0.1, 0.15) is 6.61 Å². The molecule has 0 atom stereocenters. The number of halogens is 3. The molecule has 0 amide bonds. The van der Waals surface area contributed by atoms with Gasteiger partial charge < -0.3 is 0 Å². The van der Waals surface area contributed by atoms with E-state index in [-0.39, 0.29) is 0 Å². The normalized spacial score (nSPS) is 12.0. The summed E-state index contributed by atoms with van der Waals surface area (Å²) in [5.74, 6) is -4.09. The van der Waals surface area contributed by atoms with E-state index in [0.717, 1.165) is 0 Å². The molecule has 0 saturated heterocycles. The lowest BCUT2D eigenvalue weighted by Crippen LogP contribution is -2.21. The van der Waals surface area contributed by atoms with Gasteiger partial charge in [-0.25, -0.2) is 13.9 Å². The Labute approximate surface area is 44.9 Å². The number of hydrogen-bond acceptors (Lipinski definition) is 0. The van der Waals surface area contributed by atoms with Crippen molar-refractivity contribution in [2.75, 3.05) is 12.5 Å². The lowest BCUT2D eigenvalue weighted by molar-refractivity contribution is -0.0536. The molecule has 0 aromatic rings. The Morgan fingerprint density at radius 3 is 2.00 bits per heavy atom. The van der Waals surface area contributed by atoms with Gasteiger partial charge in [-0.15, -0.1) is 11.6 Å². The van der Waals surface area contributed by atoms with Crippen molar-refractivity contribution in [2.45, 2.75) is 5.92 Å². The molecule has 0 aliphatic rings. The van der Waals surface area contributed by atoms with Gasteiger partial charge in [-0.3, -0.25) is 0 Å². The minimum absolute atomic E-state index is 0.878. The Bertz CT molecular complexity index is 50.9. The molecule has 0 aliphatic heterocycles. The molecule has 0 bridgehead atoms. The highest BCUT2D eigenvalue weighted by Crippen LogP contribution is 2.12. The van der Waals surface area contributed by atoms with Gasteiger partial charge in [0.25, 0.3) is 5.92 Å². The van der Waals surface area contributed by atoms with Crippen LogP contribution in [0.25, 0.3) is 0 Å². The van der Waals surface area contributed by atoms with Crippen molar-refractivity contribution in [3.05, 3.63) is 0 Å². The second-order valence-corrected chi connectivity index (χ2v) is 1.40. The summed E-state index contributed by atoms with van der Waals surface area (Å²) < 4.78 is 22.9. The first-order valence-corrected chi connectivity index (χ1v) is 2.18. The van der Waals surface area contributed by atoms with Crippen LogP contribution in [0.2, 0.25) is 0 Å². The third kappa shape index (κ3) is 2.76. The summed E-state index contributed by atoms with van der Waals surface area (Å²) in [4.78, 5) is 0. The summed E-state index contributed by atoms with van der Waals surface area (Å²) in [5.41, 5.74) is 0. The van der Waals surface area contributed by atoms with Crippen LogP contribution in [-0.2, 0) is 5.11 Å². The SMILES string of the molecule is [O]CC(F)(F)CCl. The first kappa shape index (κ1) is 7.11. The molecule has 1 radical (unpaired) electrons. The van der Waals surface area contributed by atoms with Crippen molar-refractivity contribution in [2.24, 2.45) is 0 Å². The molecule has 0 unspecified atom stereocenters. The predicted molar refractivity (Wildman–Crippen MR) is 21.2 cm³/mol. The molecular formula is C3H4ClF2O. The molecule has 7 heavy (non-hydrogen) atoms. The summed E-state index contributed by atoms with van der Waals surface area (Å²) in [6, 6.07) is 0. The fourth-order valence-corrected chi connectivity index (χ4v) is 0.116. The van der Waals surface area contributed by atoms with Gasteiger partial charge in [0.05, 0.1) is 5.88 Å². The smallest absolute Gasteiger partial charge is 0.230 e. The summed E-state index contributed by atoms with van der Waals surface area (Å²) in [6.45, 7) is -1.42. The summed E-state index contributed by atoms with van der Waals surface area (Å²) in [7, 11) is 0. The minimum atomic E-state index is -3.21. The second-order valence-electron chi connectivity index (χ2n) is 1.13. The first-order valence-electron chi connectivity index (χ1n) is 1.64. The van der Waals surface area contributed by atoms with Crippen molar-refractivity contribution in [3.8, 4) is 0 Å². The van der Waals surface area contributed by atoms with Gasteiger partial charge in [0.15, 0.2) is 0 Å². The molecule has 1 nitrogen and oxygen atoms in total. The van der Waals surface area contributed by atoms with Crippen LogP contribution in [-0.4, -0.2) is 18.4 Å². The van der Waals surface area contributed by atoms with Crippen molar-refractivity contribution in [3.63, 3.8) is 0 Å². The van der Waals surface area contributed by atoms with Crippen molar-refractivity contribution in [1.29, 1.82) is 0 Å². The molecule has 0 heterocycles. The van der Waals surface area contributed by atoms with Crippen LogP contribution >= 0.6 is 11.6 Å². The number of alkyl halides is 3. The summed E-state index contributed by atoms with van der Waals surface area (Å²) in [5, 5.41) is 9.35. The maximum atomic E-state index is 11.4. The van der Waals surface area contributed by atoms with Crippen molar-refractivity contribution >= 4 is 11.6 Å². The van der Waals surface area contributed by atoms with Crippen molar-refractivity contribution < 1.29 is 13.9 Å². The van der Waals surface area contributed by atoms with Crippen LogP contribution in [0.4, 0.5) is 8.78 Å². The predicted octanol–water partition coefficient (Wildman–Crippen LogP) is 1.29. The Balaban J connectivity index is 3.36. The standard InChI is InChI=1S/C3H4ClF2O/c4-1-3(5,6)2-7/h1-2H2. The molecule has 0 aromatic heterocycles. The van der Waals surface area contributed by atoms with E-state index in [9.17, 15) is 13.9 Å². The van der Waals surface area contributed by atoms with Crippen LogP contribution in [0, 0.1) is 0 Å². The highest BCUT2D eigenvalue weighted by Gasteiger charge is 2.26. The molecule has 0 N–H and O–H groups in total.